The lowest BCUT2D eigenvalue weighted by molar-refractivity contribution is -0.148. The summed E-state index contributed by atoms with van der Waals surface area (Å²) in [5, 5.41) is 6.06. The Balaban J connectivity index is 1.74. The first-order valence-electron chi connectivity index (χ1n) is 9.94. The van der Waals surface area contributed by atoms with Gasteiger partial charge in [-0.05, 0) is 17.7 Å². The highest BCUT2D eigenvalue weighted by Gasteiger charge is 2.41. The van der Waals surface area contributed by atoms with Gasteiger partial charge in [0.15, 0.2) is 6.10 Å². The summed E-state index contributed by atoms with van der Waals surface area (Å²) >= 11 is 0. The van der Waals surface area contributed by atoms with Crippen LogP contribution in [0, 0.1) is 0 Å². The molecule has 4 rings (SSSR count). The van der Waals surface area contributed by atoms with Gasteiger partial charge in [0.05, 0.1) is 17.4 Å². The van der Waals surface area contributed by atoms with Gasteiger partial charge in [-0.1, -0.05) is 42.5 Å². The van der Waals surface area contributed by atoms with Crippen molar-refractivity contribution in [2.75, 3.05) is 16.8 Å². The van der Waals surface area contributed by atoms with Crippen LogP contribution in [0.3, 0.4) is 0 Å². The molecule has 0 bridgehead atoms. The fraction of sp³-hybridized carbons (Fsp3) is 0.273. The van der Waals surface area contributed by atoms with Crippen molar-refractivity contribution in [1.29, 1.82) is 0 Å². The summed E-state index contributed by atoms with van der Waals surface area (Å²) < 4.78 is 5.05. The van der Waals surface area contributed by atoms with Crippen molar-refractivity contribution in [1.82, 2.24) is 5.32 Å². The Morgan fingerprint density at radius 1 is 1.10 bits per heavy atom. The number of nitrogens with two attached hydrogens (primary N) is 1. The van der Waals surface area contributed by atoms with Crippen LogP contribution in [-0.4, -0.2) is 42.4 Å². The van der Waals surface area contributed by atoms with Crippen LogP contribution < -0.4 is 21.3 Å². The molecule has 31 heavy (non-hydrogen) atoms. The first kappa shape index (κ1) is 20.4. The van der Waals surface area contributed by atoms with Crippen LogP contribution in [0.15, 0.2) is 54.6 Å². The van der Waals surface area contributed by atoms with Crippen molar-refractivity contribution in [3.63, 3.8) is 0 Å². The van der Waals surface area contributed by atoms with Crippen LogP contribution in [0.4, 0.5) is 11.4 Å². The second-order valence-electron chi connectivity index (χ2n) is 7.44. The Labute approximate surface area is 178 Å². The van der Waals surface area contributed by atoms with Gasteiger partial charge in [0.2, 0.25) is 5.91 Å². The fourth-order valence-electron chi connectivity index (χ4n) is 3.87. The van der Waals surface area contributed by atoms with E-state index in [9.17, 15) is 19.2 Å². The van der Waals surface area contributed by atoms with E-state index in [2.05, 4.69) is 10.6 Å². The van der Waals surface area contributed by atoms with Crippen LogP contribution in [-0.2, 0) is 23.9 Å². The van der Waals surface area contributed by atoms with E-state index in [1.165, 1.54) is 4.90 Å². The second kappa shape index (κ2) is 8.47. The van der Waals surface area contributed by atoms with E-state index in [4.69, 9.17) is 10.5 Å². The van der Waals surface area contributed by atoms with Gasteiger partial charge < -0.3 is 21.1 Å². The predicted octanol–water partition coefficient (Wildman–Crippen LogP) is 0.862. The number of rotatable bonds is 5. The maximum absolute atomic E-state index is 13.6. The van der Waals surface area contributed by atoms with Crippen molar-refractivity contribution in [3.05, 3.63) is 60.2 Å². The number of hydrogen-bond donors (Lipinski definition) is 3. The number of esters is 1. The lowest BCUT2D eigenvalue weighted by Gasteiger charge is -2.29. The molecule has 3 atom stereocenters. The van der Waals surface area contributed by atoms with E-state index >= 15 is 0 Å². The Bertz CT molecular complexity index is 1030. The molecule has 2 aliphatic heterocycles. The third-order valence-corrected chi connectivity index (χ3v) is 5.32. The number of ether oxygens (including phenoxy) is 1. The van der Waals surface area contributed by atoms with Crippen molar-refractivity contribution < 1.29 is 23.9 Å². The van der Waals surface area contributed by atoms with Crippen LogP contribution in [0.1, 0.15) is 24.4 Å². The molecular weight excluding hydrogens is 400 g/mol. The van der Waals surface area contributed by atoms with Gasteiger partial charge in [0.25, 0.3) is 11.8 Å². The summed E-state index contributed by atoms with van der Waals surface area (Å²) in [6.45, 7) is -0.343. The molecule has 0 radical (unpaired) electrons. The Hall–Kier alpha value is -3.88. The van der Waals surface area contributed by atoms with E-state index in [0.717, 1.165) is 5.56 Å². The number of cyclic esters (lactones) is 1. The largest absolute Gasteiger partial charge is 0.452 e. The highest BCUT2D eigenvalue weighted by atomic mass is 16.6. The summed E-state index contributed by atoms with van der Waals surface area (Å²) in [7, 11) is 0. The monoisotopic (exact) mass is 422 g/mol. The quantitative estimate of drug-likeness (QED) is 0.613. The van der Waals surface area contributed by atoms with Gasteiger partial charge in [-0.25, -0.2) is 0 Å². The molecule has 0 spiro atoms. The Morgan fingerprint density at radius 3 is 2.48 bits per heavy atom. The summed E-state index contributed by atoms with van der Waals surface area (Å²) in [5.74, 6) is -2.19. The van der Waals surface area contributed by atoms with Crippen LogP contribution in [0.2, 0.25) is 0 Å². The molecule has 4 N–H and O–H groups in total. The first-order chi connectivity index (χ1) is 14.9. The molecular formula is C22H22N4O5. The van der Waals surface area contributed by atoms with E-state index in [1.54, 1.807) is 24.3 Å². The number of nitrogens with zero attached hydrogens (tertiary/aromatic N) is 1. The second-order valence-corrected chi connectivity index (χ2v) is 7.44. The molecule has 0 saturated carbocycles. The number of hydrogen-bond acceptors (Lipinski definition) is 6. The Morgan fingerprint density at radius 2 is 1.81 bits per heavy atom. The molecule has 160 valence electrons. The van der Waals surface area contributed by atoms with Crippen molar-refractivity contribution in [2.24, 2.45) is 5.73 Å². The number of amides is 3. The molecule has 0 unspecified atom stereocenters. The van der Waals surface area contributed by atoms with Crippen LogP contribution in [0.25, 0.3) is 0 Å². The van der Waals surface area contributed by atoms with E-state index < -0.39 is 41.9 Å². The number of carbonyl (C=O) groups excluding carboxylic acids is 4. The highest BCUT2D eigenvalue weighted by molar-refractivity contribution is 6.07. The van der Waals surface area contributed by atoms with E-state index in [-0.39, 0.29) is 19.4 Å². The lowest BCUT2D eigenvalue weighted by atomic mass is 9.98. The zero-order valence-electron chi connectivity index (χ0n) is 16.6. The maximum Gasteiger partial charge on any atom is 0.306 e. The van der Waals surface area contributed by atoms with Crippen molar-refractivity contribution in [3.8, 4) is 0 Å². The molecule has 2 aliphatic rings. The van der Waals surface area contributed by atoms with Gasteiger partial charge >= 0.3 is 5.97 Å². The number of fused-ring (bicyclic) bond motifs is 1. The average molecular weight is 422 g/mol. The van der Waals surface area contributed by atoms with Crippen LogP contribution >= 0.6 is 0 Å². The topological polar surface area (TPSA) is 131 Å². The van der Waals surface area contributed by atoms with Gasteiger partial charge in [-0.2, -0.15) is 0 Å². The molecule has 9 heteroatoms. The molecule has 1 saturated heterocycles. The average Bonchev–Trinajstić information content (AvgIpc) is 3.17. The van der Waals surface area contributed by atoms with E-state index in [1.807, 2.05) is 30.3 Å². The summed E-state index contributed by atoms with van der Waals surface area (Å²) in [6.07, 6.45) is -0.553. The smallest absolute Gasteiger partial charge is 0.306 e. The molecule has 2 aromatic carbocycles. The van der Waals surface area contributed by atoms with Crippen molar-refractivity contribution in [2.45, 2.75) is 31.0 Å². The number of carbonyl (C=O) groups is 4. The molecule has 9 nitrogen and oxygen atoms in total. The van der Waals surface area contributed by atoms with E-state index in [0.29, 0.717) is 11.4 Å². The molecule has 0 aromatic heterocycles. The zero-order valence-corrected chi connectivity index (χ0v) is 16.6. The third kappa shape index (κ3) is 4.20. The standard InChI is InChI=1S/C22H22N4O5/c23-17(27)12-26-15-9-5-4-8-14(15)24-19(13-6-2-1-3-7-13)20(22(26)30)25-21(29)16-10-11-18(28)31-16/h1-9,16,19-20,24H,10-12H2,(H2,23,27)(H,25,29)/t16-,19-,20+/m0/s1. The van der Waals surface area contributed by atoms with Crippen molar-refractivity contribution >= 4 is 35.1 Å². The van der Waals surface area contributed by atoms with Gasteiger partial charge in [0.1, 0.15) is 12.6 Å². The molecule has 3 amide bonds. The summed E-state index contributed by atoms with van der Waals surface area (Å²) in [6, 6.07) is 14.5. The Kier molecular flexibility index (Phi) is 5.57. The normalized spacial score (nSPS) is 22.7. The molecule has 2 aromatic rings. The number of primary amides is 1. The third-order valence-electron chi connectivity index (χ3n) is 5.32. The minimum Gasteiger partial charge on any atom is -0.452 e. The summed E-state index contributed by atoms with van der Waals surface area (Å²) in [4.78, 5) is 50.8. The number of para-hydroxylation sites is 2. The minimum absolute atomic E-state index is 0.149. The molecule has 2 heterocycles. The maximum atomic E-state index is 13.6. The van der Waals surface area contributed by atoms with Gasteiger partial charge in [0, 0.05) is 12.8 Å². The minimum atomic E-state index is -1.07. The fourth-order valence-corrected chi connectivity index (χ4v) is 3.87. The summed E-state index contributed by atoms with van der Waals surface area (Å²) in [5.41, 5.74) is 7.27. The van der Waals surface area contributed by atoms with Gasteiger partial charge in [-0.15, -0.1) is 0 Å². The SMILES string of the molecule is NC(=O)CN1C(=O)[C@H](NC(=O)[C@@H]2CCC(=O)O2)[C@H](c2ccccc2)Nc2ccccc21. The molecule has 1 fully saturated rings. The zero-order chi connectivity index (χ0) is 22.0. The van der Waals surface area contributed by atoms with Gasteiger partial charge in [-0.3, -0.25) is 24.1 Å². The lowest BCUT2D eigenvalue weighted by Crippen LogP contribution is -2.55. The highest BCUT2D eigenvalue weighted by Crippen LogP contribution is 2.35. The first-order valence-corrected chi connectivity index (χ1v) is 9.94. The number of benzene rings is 2. The van der Waals surface area contributed by atoms with Crippen LogP contribution in [0.5, 0.6) is 0 Å². The number of anilines is 2. The number of nitrogens with one attached hydrogen (secondary N) is 2. The molecule has 0 aliphatic carbocycles. The predicted molar refractivity (Wildman–Crippen MR) is 112 cm³/mol.